The molecule has 2 unspecified atom stereocenters. The van der Waals surface area contributed by atoms with Gasteiger partial charge in [-0.05, 0) is 41.0 Å². The smallest absolute Gasteiger partial charge is 0.274 e. The Hall–Kier alpha value is -3.74. The molecule has 1 aliphatic heterocycles. The molecule has 8 rings (SSSR count). The van der Waals surface area contributed by atoms with Crippen LogP contribution in [-0.4, -0.2) is 43.5 Å². The third-order valence-electron chi connectivity index (χ3n) is 7.78. The minimum Gasteiger partial charge on any atom is -0.342 e. The summed E-state index contributed by atoms with van der Waals surface area (Å²) in [6.45, 7) is 3.27. The van der Waals surface area contributed by atoms with Crippen molar-refractivity contribution in [1.82, 2.24) is 24.5 Å². The van der Waals surface area contributed by atoms with Crippen LogP contribution in [0.5, 0.6) is 0 Å². The number of aryl methyl sites for hydroxylation is 1. The number of nitrogens with zero attached hydrogens (tertiary/aromatic N) is 4. The van der Waals surface area contributed by atoms with Gasteiger partial charge in [0, 0.05) is 36.7 Å². The lowest BCUT2D eigenvalue weighted by Crippen LogP contribution is -2.39. The number of hydrogen-bond donors (Lipinski definition) is 1. The van der Waals surface area contributed by atoms with Gasteiger partial charge in [-0.15, -0.1) is 0 Å². The van der Waals surface area contributed by atoms with E-state index in [-0.39, 0.29) is 17.9 Å². The number of nitrogens with one attached hydrogen (secondary N) is 1. The Kier molecular flexibility index (Phi) is 3.78. The Morgan fingerprint density at radius 3 is 2.03 bits per heavy atom. The predicted octanol–water partition coefficient (Wildman–Crippen LogP) is 2.63. The summed E-state index contributed by atoms with van der Waals surface area (Å²) in [6.07, 6.45) is 0.135. The molecule has 3 aliphatic carbocycles. The zero-order chi connectivity index (χ0) is 22.3. The lowest BCUT2D eigenvalue weighted by atomic mass is 9.55. The number of carbonyl (C=O) groups is 1. The number of likely N-dealkylation sites (tertiary alicyclic amines) is 1. The lowest BCUT2D eigenvalue weighted by Gasteiger charge is -2.47. The van der Waals surface area contributed by atoms with Crippen LogP contribution in [0.4, 0.5) is 0 Å². The quantitative estimate of drug-likeness (QED) is 0.523. The third kappa shape index (κ3) is 2.62. The van der Waals surface area contributed by atoms with Crippen LogP contribution < -0.4 is 5.56 Å². The average molecular weight is 438 g/mol. The number of aromatic amines is 1. The van der Waals surface area contributed by atoms with Gasteiger partial charge in [0.25, 0.3) is 11.3 Å². The fraction of sp³-hybridized carbons (Fsp3) is 0.308. The van der Waals surface area contributed by atoms with Gasteiger partial charge in [0.1, 0.15) is 5.82 Å². The summed E-state index contributed by atoms with van der Waals surface area (Å²) in [7, 11) is 0. The number of amides is 1. The molecule has 1 N–H and O–H groups in total. The number of rotatable bonds is 2. The van der Waals surface area contributed by atoms with Crippen LogP contribution in [0.3, 0.4) is 0 Å². The molecule has 164 valence electrons. The maximum atomic E-state index is 13.3. The van der Waals surface area contributed by atoms with Crippen LogP contribution in [0.2, 0.25) is 0 Å². The number of H-pyrrole nitrogens is 1. The van der Waals surface area contributed by atoms with Crippen LogP contribution >= 0.6 is 0 Å². The number of hydrogen-bond acceptors (Lipinski definition) is 4. The van der Waals surface area contributed by atoms with E-state index in [0.29, 0.717) is 41.0 Å². The average Bonchev–Trinajstić information content (AvgIpc) is 3.43. The molecule has 4 aromatic rings. The summed E-state index contributed by atoms with van der Waals surface area (Å²) >= 11 is 0. The zero-order valence-corrected chi connectivity index (χ0v) is 18.2. The fourth-order valence-electron chi connectivity index (χ4n) is 6.55. The van der Waals surface area contributed by atoms with Gasteiger partial charge in [0.05, 0.1) is 6.42 Å². The van der Waals surface area contributed by atoms with Gasteiger partial charge in [0.2, 0.25) is 5.91 Å². The molecule has 3 heterocycles. The van der Waals surface area contributed by atoms with E-state index in [1.54, 1.807) is 6.92 Å². The maximum absolute atomic E-state index is 13.3. The fourth-order valence-corrected chi connectivity index (χ4v) is 6.55. The highest BCUT2D eigenvalue weighted by Crippen LogP contribution is 2.60. The van der Waals surface area contributed by atoms with E-state index >= 15 is 0 Å². The first-order chi connectivity index (χ1) is 16.1. The summed E-state index contributed by atoms with van der Waals surface area (Å²) < 4.78 is 1.30. The Labute approximate surface area is 190 Å². The summed E-state index contributed by atoms with van der Waals surface area (Å²) in [4.78, 5) is 36.2. The number of benzene rings is 2. The Bertz CT molecular complexity index is 1400. The summed E-state index contributed by atoms with van der Waals surface area (Å²) in [6, 6.07) is 19.1. The first-order valence-electron chi connectivity index (χ1n) is 11.5. The Morgan fingerprint density at radius 1 is 0.939 bits per heavy atom. The van der Waals surface area contributed by atoms with Crippen molar-refractivity contribution in [1.29, 1.82) is 0 Å². The first-order valence-corrected chi connectivity index (χ1v) is 11.5. The van der Waals surface area contributed by atoms with E-state index in [1.807, 2.05) is 4.90 Å². The normalized spacial score (nSPS) is 24.6. The molecule has 2 aromatic heterocycles. The summed E-state index contributed by atoms with van der Waals surface area (Å²) in [5.74, 6) is 2.34. The summed E-state index contributed by atoms with van der Waals surface area (Å²) in [5.41, 5.74) is 6.10. The molecule has 2 atom stereocenters. The van der Waals surface area contributed by atoms with E-state index in [1.165, 1.54) is 32.8 Å². The Balaban J connectivity index is 1.20. The molecule has 0 spiro atoms. The number of carbonyl (C=O) groups excluding carboxylic acids is 1. The van der Waals surface area contributed by atoms with E-state index in [9.17, 15) is 9.59 Å². The second-order valence-corrected chi connectivity index (χ2v) is 9.56. The second-order valence-electron chi connectivity index (χ2n) is 9.56. The van der Waals surface area contributed by atoms with Crippen LogP contribution in [0, 0.1) is 18.8 Å². The first kappa shape index (κ1) is 18.8. The molecule has 33 heavy (non-hydrogen) atoms. The number of fused-ring (bicyclic) bond motifs is 1. The van der Waals surface area contributed by atoms with Crippen molar-refractivity contribution < 1.29 is 4.79 Å². The molecule has 1 saturated heterocycles. The molecule has 0 saturated carbocycles. The minimum absolute atomic E-state index is 0.0424. The van der Waals surface area contributed by atoms with Crippen LogP contribution in [0.1, 0.15) is 45.6 Å². The second kappa shape index (κ2) is 6.63. The van der Waals surface area contributed by atoms with Crippen molar-refractivity contribution in [2.45, 2.75) is 25.2 Å². The van der Waals surface area contributed by atoms with Crippen molar-refractivity contribution in [2.24, 2.45) is 11.8 Å². The standard InChI is InChI=1S/C26H23N5O2/c1-14-10-23(33)31-26(27-14)28-21(29-31)11-22(32)30-12-19-20(13-30)25-16-7-3-2-6-15(16)24(19)17-8-4-5-9-18(17)25/h2-10,19-20,24-25H,11-13H2,1H3,(H,27,28,29). The highest BCUT2D eigenvalue weighted by Gasteiger charge is 2.53. The molecule has 2 aromatic carbocycles. The van der Waals surface area contributed by atoms with E-state index < -0.39 is 0 Å². The molecule has 7 nitrogen and oxygen atoms in total. The molecule has 1 amide bonds. The molecular weight excluding hydrogens is 414 g/mol. The molecule has 2 bridgehead atoms. The van der Waals surface area contributed by atoms with Gasteiger partial charge >= 0.3 is 0 Å². The van der Waals surface area contributed by atoms with Gasteiger partial charge in [-0.3, -0.25) is 14.7 Å². The van der Waals surface area contributed by atoms with Crippen molar-refractivity contribution in [3.63, 3.8) is 0 Å². The van der Waals surface area contributed by atoms with Crippen molar-refractivity contribution >= 4 is 11.7 Å². The van der Waals surface area contributed by atoms with E-state index in [4.69, 9.17) is 0 Å². The molecule has 4 aliphatic rings. The third-order valence-corrected chi connectivity index (χ3v) is 7.78. The molecule has 0 radical (unpaired) electrons. The van der Waals surface area contributed by atoms with Gasteiger partial charge in [0.15, 0.2) is 0 Å². The number of aromatic nitrogens is 4. The van der Waals surface area contributed by atoms with Crippen LogP contribution in [0.15, 0.2) is 59.4 Å². The lowest BCUT2D eigenvalue weighted by molar-refractivity contribution is -0.129. The maximum Gasteiger partial charge on any atom is 0.274 e. The molecule has 7 heteroatoms. The van der Waals surface area contributed by atoms with Gasteiger partial charge in [-0.2, -0.15) is 9.50 Å². The van der Waals surface area contributed by atoms with Gasteiger partial charge in [-0.25, -0.2) is 4.98 Å². The summed E-state index contributed by atoms with van der Waals surface area (Å²) in [5, 5.41) is 2.95. The van der Waals surface area contributed by atoms with E-state index in [0.717, 1.165) is 13.1 Å². The van der Waals surface area contributed by atoms with Crippen LogP contribution in [0.25, 0.3) is 5.78 Å². The highest BCUT2D eigenvalue weighted by atomic mass is 16.2. The van der Waals surface area contributed by atoms with E-state index in [2.05, 4.69) is 63.6 Å². The topological polar surface area (TPSA) is 83.4 Å². The predicted molar refractivity (Wildman–Crippen MR) is 122 cm³/mol. The van der Waals surface area contributed by atoms with Crippen molar-refractivity contribution in [3.05, 3.63) is 98.7 Å². The molecule has 1 fully saturated rings. The monoisotopic (exact) mass is 437 g/mol. The largest absolute Gasteiger partial charge is 0.342 e. The Morgan fingerprint density at radius 2 is 1.48 bits per heavy atom. The van der Waals surface area contributed by atoms with Crippen molar-refractivity contribution in [3.8, 4) is 0 Å². The zero-order valence-electron chi connectivity index (χ0n) is 18.2. The molecular formula is C26H23N5O2. The highest BCUT2D eigenvalue weighted by molar-refractivity contribution is 5.78. The van der Waals surface area contributed by atoms with Gasteiger partial charge < -0.3 is 4.90 Å². The van der Waals surface area contributed by atoms with Crippen LogP contribution in [-0.2, 0) is 11.2 Å². The van der Waals surface area contributed by atoms with Crippen molar-refractivity contribution in [2.75, 3.05) is 13.1 Å². The minimum atomic E-state index is -0.219. The SMILES string of the molecule is Cc1cc(=O)n2[nH]c(CC(=O)N3CC4C5c6ccccc6C(c6ccccc65)C4C3)nc2n1. The van der Waals surface area contributed by atoms with Gasteiger partial charge in [-0.1, -0.05) is 48.5 Å².